The van der Waals surface area contributed by atoms with Crippen molar-refractivity contribution >= 4 is 102 Å². The first-order valence-electron chi connectivity index (χ1n) is 42.0. The van der Waals surface area contributed by atoms with Gasteiger partial charge in [-0.05, 0) is 127 Å². The zero-order valence-corrected chi connectivity index (χ0v) is 79.3. The average molecular weight is 1770 g/mol. The summed E-state index contributed by atoms with van der Waals surface area (Å²) < 4.78 is 19.8. The van der Waals surface area contributed by atoms with Gasteiger partial charge in [0.1, 0.15) is 6.29 Å². The number of carbonyl (C=O) groups is 5. The van der Waals surface area contributed by atoms with Crippen LogP contribution in [0.25, 0.3) is 6.08 Å². The number of aryl methyl sites for hydroxylation is 6. The van der Waals surface area contributed by atoms with E-state index in [2.05, 4.69) is 247 Å². The molecule has 11 aromatic rings. The van der Waals surface area contributed by atoms with Crippen LogP contribution in [0.3, 0.4) is 0 Å². The van der Waals surface area contributed by atoms with Crippen molar-refractivity contribution in [2.45, 2.75) is 92.7 Å². The molecule has 14 rings (SSSR count). The first-order chi connectivity index (χ1) is 59.8. The van der Waals surface area contributed by atoms with Gasteiger partial charge >= 0.3 is 42.7 Å². The quantitative estimate of drug-likeness (QED) is 0.00949. The summed E-state index contributed by atoms with van der Waals surface area (Å²) in [5.74, 6) is 0.187. The van der Waals surface area contributed by atoms with E-state index in [0.717, 1.165) is 111 Å². The summed E-state index contributed by atoms with van der Waals surface area (Å²) in [5, 5.41) is 16.5. The van der Waals surface area contributed by atoms with Gasteiger partial charge in [0.05, 0.1) is 53.3 Å². The van der Waals surface area contributed by atoms with Crippen molar-refractivity contribution in [3.8, 4) is 0 Å². The normalized spacial score (nSPS) is 15.1. The average Bonchev–Trinajstić information content (AvgIpc) is 0.960. The Balaban J connectivity index is 0.000000263. The summed E-state index contributed by atoms with van der Waals surface area (Å²) in [4.78, 5) is 66.5. The van der Waals surface area contributed by atoms with Crippen LogP contribution in [-0.2, 0) is 57.8 Å². The minimum absolute atomic E-state index is 0. The van der Waals surface area contributed by atoms with E-state index >= 15 is 0 Å². The van der Waals surface area contributed by atoms with E-state index in [1.807, 2.05) is 141 Å². The number of piperazine rings is 1. The van der Waals surface area contributed by atoms with Gasteiger partial charge in [-0.15, -0.1) is 23.2 Å². The van der Waals surface area contributed by atoms with Crippen LogP contribution in [0, 0.1) is 53.4 Å². The van der Waals surface area contributed by atoms with Crippen molar-refractivity contribution in [1.29, 1.82) is 0 Å². The predicted molar refractivity (Wildman–Crippen MR) is 522 cm³/mol. The molecule has 3 heterocycles. The van der Waals surface area contributed by atoms with Crippen LogP contribution in [0.4, 0.5) is 5.69 Å². The second-order valence-corrected chi connectivity index (χ2v) is 41.7. The molecule has 126 heavy (non-hydrogen) atoms. The Kier molecular flexibility index (Phi) is 48.7. The Hall–Kier alpha value is -10.0. The first-order valence-corrected chi connectivity index (χ1v) is 48.7. The van der Waals surface area contributed by atoms with Gasteiger partial charge in [0.15, 0.2) is 0 Å². The number of rotatable bonds is 22. The molecule has 0 bridgehead atoms. The maximum Gasteiger partial charge on any atom is 1.00 e. The zero-order chi connectivity index (χ0) is 89.7. The second-order valence-electron chi connectivity index (χ2n) is 32.2. The molecule has 0 saturated carbocycles. The number of hydrogen-bond acceptors (Lipinski definition) is 15. The summed E-state index contributed by atoms with van der Waals surface area (Å²) >= 11 is 9.53. The number of carbonyl (C=O) groups excluding carboxylic acids is 4. The molecule has 21 heteroatoms. The van der Waals surface area contributed by atoms with Crippen molar-refractivity contribution in [2.75, 3.05) is 104 Å². The molecule has 0 amide bonds. The molecule has 0 radical (unpaired) electrons. The van der Waals surface area contributed by atoms with Gasteiger partial charge in [-0.3, -0.25) is 29.1 Å². The predicted octanol–water partition coefficient (Wildman–Crippen LogP) is 16.6. The topological polar surface area (TPSA) is 197 Å². The van der Waals surface area contributed by atoms with Gasteiger partial charge in [0, 0.05) is 114 Å². The fourth-order valence-corrected chi connectivity index (χ4v) is 20.1. The van der Waals surface area contributed by atoms with Gasteiger partial charge in [-0.2, -0.15) is 0 Å². The Morgan fingerprint density at radius 3 is 1.24 bits per heavy atom. The number of likely N-dealkylation sites (tertiary alicyclic amines) is 2. The molecule has 0 unspecified atom stereocenters. The smallest absolute Gasteiger partial charge is 0.870 e. The summed E-state index contributed by atoms with van der Waals surface area (Å²) in [6, 6.07) is 101. The van der Waals surface area contributed by atoms with Crippen LogP contribution in [0.1, 0.15) is 89.0 Å². The summed E-state index contributed by atoms with van der Waals surface area (Å²) in [6.07, 6.45) is 5.16. The number of nitrogens with one attached hydrogen (secondary N) is 1. The molecule has 3 aliphatic heterocycles. The van der Waals surface area contributed by atoms with Gasteiger partial charge in [-0.25, -0.2) is 9.59 Å². The van der Waals surface area contributed by atoms with E-state index in [9.17, 15) is 29.1 Å². The molecule has 11 aromatic carbocycles. The van der Waals surface area contributed by atoms with Crippen LogP contribution >= 0.6 is 30.1 Å². The third-order valence-electron chi connectivity index (χ3n) is 21.1. The molecular weight excluding hydrogens is 1640 g/mol. The maximum atomic E-state index is 12.3. The Labute approximate surface area is 772 Å². The molecule has 3 aliphatic rings. The molecule has 3 fully saturated rings. The van der Waals surface area contributed by atoms with E-state index in [1.54, 1.807) is 19.0 Å². The molecule has 0 aromatic heterocycles. The number of aliphatic carboxylic acids is 1. The van der Waals surface area contributed by atoms with Crippen LogP contribution in [0.5, 0.6) is 0 Å². The molecule has 3 N–H and O–H groups in total. The molecule has 0 spiro atoms. The summed E-state index contributed by atoms with van der Waals surface area (Å²) in [7, 11) is 4.97. The van der Waals surface area contributed by atoms with Gasteiger partial charge in [0.2, 0.25) is 0 Å². The van der Waals surface area contributed by atoms with E-state index in [4.69, 9.17) is 37.4 Å². The van der Waals surface area contributed by atoms with Gasteiger partial charge < -0.3 is 39.7 Å². The van der Waals surface area contributed by atoms with Crippen molar-refractivity contribution in [3.63, 3.8) is 0 Å². The standard InChI is InChI=1S/C21H19O2P.C20H23NO2.C19H21NO2.C13H23NOSi.C12H18N2.C11H12O2.C8H8O.CH2Cl2.Li.H2O/c1-23-21(22)17-24(18-11-5-2-6-12-18,19-13-7-3-8-14-19)20-15-9-4-10-16-20;1-15-8-10-17(11-9-15)18-13-21(14-19(18)20(22)23-2)12-16-6-4-3-5-7-16;1-14-7-9-16(10-8-14)17-12-20(13-18(17)19(21)22)11-15-5-3-2-4-6-15;1-15-11-14(12-16(2,3)4)10-13-8-6-5-7-9-13;1-10-3-4-11(2)12(9-10)14-7-5-13-6-8-14;1-9-3-5-10(6-4-9)7-8-11(12)13-2;1-7-2-4-8(6-9)5-3-7;2-1-3;;/h2-17H,1H3;3-11,18-19H,12-14H2,1-2H3;2-10,17-18H,11-13H2,1H3,(H,21,22);5-9H,10-12H2,1-4H3;3-4,9,13H,5-8H2,1-2H3;3-8H,1-2H3;2-6H,1H3;1H2;;1H2/q;;;;;;;;+1;/p-1/b;;;;;8-7+;;;;/t;18-,19+;17-,18+;;;;;;;/m.00......./s1. The fourth-order valence-electron chi connectivity index (χ4n) is 14.9. The third-order valence-corrected chi connectivity index (χ3v) is 26.4. The number of methoxy groups -OCH3 is 4. The van der Waals surface area contributed by atoms with Crippen molar-refractivity contribution < 1.29 is 72.4 Å². The minimum atomic E-state index is -2.23. The van der Waals surface area contributed by atoms with Crippen LogP contribution in [0.15, 0.2) is 303 Å². The molecule has 4 atom stereocenters. The first kappa shape index (κ1) is 106. The fraction of sp³-hybridized carbons (Fsp3) is 0.295. The zero-order valence-electron chi connectivity index (χ0n) is 75.9. The maximum absolute atomic E-state index is 12.3. The van der Waals surface area contributed by atoms with Crippen molar-refractivity contribution in [2.24, 2.45) is 11.8 Å². The Morgan fingerprint density at radius 2 is 0.857 bits per heavy atom. The largest absolute Gasteiger partial charge is 1.00 e. The van der Waals surface area contributed by atoms with E-state index in [-0.39, 0.29) is 71.3 Å². The number of ether oxygens (including phenoxy) is 4. The molecular formula is C105H127Cl2LiN5O11PSi. The Morgan fingerprint density at radius 1 is 0.484 bits per heavy atom. The molecule has 0 aliphatic carbocycles. The number of hydrogen-bond donors (Lipinski definition) is 2. The number of anilines is 1. The van der Waals surface area contributed by atoms with Gasteiger partial charge in [0.25, 0.3) is 0 Å². The number of esters is 3. The number of carboxylic acids is 1. The number of alkyl halides is 2. The van der Waals surface area contributed by atoms with Crippen molar-refractivity contribution in [3.05, 3.63) is 376 Å². The van der Waals surface area contributed by atoms with Crippen LogP contribution in [0.2, 0.25) is 19.6 Å². The molecule has 662 valence electrons. The minimum Gasteiger partial charge on any atom is -0.870 e. The van der Waals surface area contributed by atoms with Crippen LogP contribution < -0.4 is 45.0 Å². The number of halogens is 2. The van der Waals surface area contributed by atoms with Crippen molar-refractivity contribution in [1.82, 2.24) is 20.0 Å². The monoisotopic (exact) mass is 1770 g/mol. The third kappa shape index (κ3) is 36.7. The van der Waals surface area contributed by atoms with E-state index in [0.29, 0.717) is 6.54 Å². The van der Waals surface area contributed by atoms with Gasteiger partial charge in [-0.1, -0.05) is 333 Å². The molecule has 16 nitrogen and oxygen atoms in total. The van der Waals surface area contributed by atoms with E-state index in [1.165, 1.54) is 94.9 Å². The number of nitrogens with zero attached hydrogens (tertiary/aromatic N) is 4. The number of aldehydes is 1. The molecule has 3 saturated heterocycles. The SMILES string of the molecule is COC(=O)/C=C/c1ccc(C)cc1.COC(=O)C=P(c1ccccc1)(c1ccccc1)c1ccccc1.COC(=O)[C@@H]1CN(Cc2ccccc2)C[C@H]1c1ccc(C)cc1.COCN(Cc1ccccc1)C[Si](C)(C)C.Cc1ccc(C)c(N2CCNCC2)c1.Cc1ccc(C=O)cc1.Cc1ccc([C@@H]2CN(Cc3ccccc3)C[C@H]2C(=O)O)cc1.ClCCl.[Li+].[OH-]. The Bertz CT molecular complexity index is 4920. The summed E-state index contributed by atoms with van der Waals surface area (Å²) in [6.45, 7) is 28.3. The van der Waals surface area contributed by atoms with E-state index < -0.39 is 20.9 Å². The number of carboxylic acid groups (broad SMARTS) is 1. The number of benzene rings is 11. The second kappa shape index (κ2) is 57.6. The summed E-state index contributed by atoms with van der Waals surface area (Å²) in [5.41, 5.74) is 16.9. The van der Waals surface area contributed by atoms with Crippen LogP contribution in [-0.4, -0.2) is 168 Å².